The van der Waals surface area contributed by atoms with Crippen molar-refractivity contribution in [3.05, 3.63) is 0 Å². The lowest BCUT2D eigenvalue weighted by Gasteiger charge is -2.50. The molecule has 2 rings (SSSR count). The van der Waals surface area contributed by atoms with Crippen molar-refractivity contribution in [3.8, 4) is 0 Å². The zero-order valence-corrected chi connectivity index (χ0v) is 13.0. The third-order valence-corrected chi connectivity index (χ3v) is 6.24. The van der Waals surface area contributed by atoms with Gasteiger partial charge in [-0.05, 0) is 11.8 Å². The minimum absolute atomic E-state index is 0.0282. The Morgan fingerprint density at radius 2 is 2.10 bits per heavy atom. The van der Waals surface area contributed by atoms with Gasteiger partial charge < -0.3 is 11.1 Å². The fourth-order valence-corrected chi connectivity index (χ4v) is 4.28. The molecular formula is C10H17N5O3S2. The summed E-state index contributed by atoms with van der Waals surface area (Å²) in [6.07, 6.45) is 0.587. The lowest BCUT2D eigenvalue weighted by Crippen LogP contribution is -2.64. The summed E-state index contributed by atoms with van der Waals surface area (Å²) in [5, 5.41) is 9.76. The van der Waals surface area contributed by atoms with Gasteiger partial charge in [0.15, 0.2) is 0 Å². The van der Waals surface area contributed by atoms with E-state index in [-0.39, 0.29) is 32.9 Å². The highest BCUT2D eigenvalue weighted by Gasteiger charge is 2.48. The fraction of sp³-hybridized carbons (Fsp3) is 0.700. The van der Waals surface area contributed by atoms with Gasteiger partial charge >= 0.3 is 0 Å². The highest BCUT2D eigenvalue weighted by atomic mass is 32.2. The molecule has 2 unspecified atom stereocenters. The lowest BCUT2D eigenvalue weighted by atomic mass is 9.64. The van der Waals surface area contributed by atoms with Crippen LogP contribution in [0.4, 0.5) is 5.13 Å². The Balaban J connectivity index is 2.11. The molecule has 1 saturated carbocycles. The predicted octanol–water partition coefficient (Wildman–Crippen LogP) is -0.0994. The normalized spacial score (nSPS) is 25.0. The SMILES string of the molecule is CC(=O)Nc1nnc(S(=O)(=O)NC2CC(N)C2(C)C)s1. The highest BCUT2D eigenvalue weighted by Crippen LogP contribution is 2.39. The first-order valence-electron chi connectivity index (χ1n) is 6.02. The van der Waals surface area contributed by atoms with Crippen LogP contribution in [0.15, 0.2) is 4.34 Å². The van der Waals surface area contributed by atoms with E-state index in [1.807, 2.05) is 13.8 Å². The molecule has 20 heavy (non-hydrogen) atoms. The Morgan fingerprint density at radius 1 is 1.45 bits per heavy atom. The van der Waals surface area contributed by atoms with Crippen molar-refractivity contribution >= 4 is 32.4 Å². The number of rotatable bonds is 4. The molecule has 0 aliphatic heterocycles. The summed E-state index contributed by atoms with van der Waals surface area (Å²) in [4.78, 5) is 10.9. The number of aromatic nitrogens is 2. The summed E-state index contributed by atoms with van der Waals surface area (Å²) in [6.45, 7) is 5.14. The van der Waals surface area contributed by atoms with Crippen molar-refractivity contribution in [2.75, 3.05) is 5.32 Å². The molecule has 1 amide bonds. The van der Waals surface area contributed by atoms with Crippen molar-refractivity contribution in [2.24, 2.45) is 11.1 Å². The van der Waals surface area contributed by atoms with Crippen LogP contribution in [0.3, 0.4) is 0 Å². The molecule has 4 N–H and O–H groups in total. The Bertz CT molecular complexity index is 625. The van der Waals surface area contributed by atoms with Crippen LogP contribution in [0, 0.1) is 5.41 Å². The standard InChI is InChI=1S/C10H17N5O3S2/c1-5(16)12-8-13-14-9(19-8)20(17,18)15-7-4-6(11)10(7,2)3/h6-7,15H,4,11H2,1-3H3,(H,12,13,16). The van der Waals surface area contributed by atoms with E-state index in [0.717, 1.165) is 11.3 Å². The van der Waals surface area contributed by atoms with Gasteiger partial charge in [0.25, 0.3) is 10.0 Å². The summed E-state index contributed by atoms with van der Waals surface area (Å²) in [7, 11) is -3.74. The zero-order chi connectivity index (χ0) is 15.1. The van der Waals surface area contributed by atoms with Crippen molar-refractivity contribution in [2.45, 2.75) is 43.6 Å². The van der Waals surface area contributed by atoms with E-state index in [1.54, 1.807) is 0 Å². The molecule has 0 aromatic carbocycles. The number of carbonyl (C=O) groups excluding carboxylic acids is 1. The van der Waals surface area contributed by atoms with Gasteiger partial charge in [0.05, 0.1) is 0 Å². The summed E-state index contributed by atoms with van der Waals surface area (Å²) in [6, 6.07) is -0.254. The molecule has 0 radical (unpaired) electrons. The van der Waals surface area contributed by atoms with E-state index >= 15 is 0 Å². The number of hydrogen-bond acceptors (Lipinski definition) is 7. The van der Waals surface area contributed by atoms with Gasteiger partial charge in [-0.3, -0.25) is 4.79 Å². The van der Waals surface area contributed by atoms with Crippen molar-refractivity contribution in [1.82, 2.24) is 14.9 Å². The Labute approximate surface area is 121 Å². The van der Waals surface area contributed by atoms with Crippen LogP contribution < -0.4 is 15.8 Å². The summed E-state index contributed by atoms with van der Waals surface area (Å²) in [5.41, 5.74) is 5.56. The minimum atomic E-state index is -3.74. The van der Waals surface area contributed by atoms with E-state index < -0.39 is 10.0 Å². The second-order valence-electron chi connectivity index (χ2n) is 5.39. The Hall–Kier alpha value is -1.10. The second-order valence-corrected chi connectivity index (χ2v) is 8.26. The zero-order valence-electron chi connectivity index (χ0n) is 11.4. The van der Waals surface area contributed by atoms with E-state index in [1.165, 1.54) is 6.92 Å². The Morgan fingerprint density at radius 3 is 2.60 bits per heavy atom. The van der Waals surface area contributed by atoms with Crippen LogP contribution in [0.5, 0.6) is 0 Å². The number of nitrogens with zero attached hydrogens (tertiary/aromatic N) is 2. The molecule has 8 nitrogen and oxygen atoms in total. The molecule has 0 saturated heterocycles. The molecule has 1 heterocycles. The van der Waals surface area contributed by atoms with E-state index in [9.17, 15) is 13.2 Å². The quantitative estimate of drug-likeness (QED) is 0.665. The lowest BCUT2D eigenvalue weighted by molar-refractivity contribution is -0.114. The second kappa shape index (κ2) is 5.02. The Kier molecular flexibility index (Phi) is 3.84. The monoisotopic (exact) mass is 319 g/mol. The van der Waals surface area contributed by atoms with Crippen molar-refractivity contribution in [3.63, 3.8) is 0 Å². The van der Waals surface area contributed by atoms with Gasteiger partial charge in [-0.25, -0.2) is 13.1 Å². The summed E-state index contributed by atoms with van der Waals surface area (Å²) >= 11 is 0.810. The van der Waals surface area contributed by atoms with E-state index in [0.29, 0.717) is 6.42 Å². The molecule has 2 atom stereocenters. The molecule has 112 valence electrons. The van der Waals surface area contributed by atoms with E-state index in [4.69, 9.17) is 5.73 Å². The topological polar surface area (TPSA) is 127 Å². The third kappa shape index (κ3) is 2.82. The number of anilines is 1. The maximum absolute atomic E-state index is 12.2. The molecular weight excluding hydrogens is 302 g/mol. The molecule has 1 aromatic rings. The highest BCUT2D eigenvalue weighted by molar-refractivity contribution is 7.91. The van der Waals surface area contributed by atoms with E-state index in [2.05, 4.69) is 20.2 Å². The minimum Gasteiger partial charge on any atom is -0.327 e. The first-order chi connectivity index (χ1) is 9.13. The predicted molar refractivity (Wildman–Crippen MR) is 74.7 cm³/mol. The maximum Gasteiger partial charge on any atom is 0.270 e. The van der Waals surface area contributed by atoms with Crippen LogP contribution in [-0.4, -0.2) is 36.6 Å². The maximum atomic E-state index is 12.2. The average molecular weight is 319 g/mol. The molecule has 0 spiro atoms. The number of nitrogens with one attached hydrogen (secondary N) is 2. The molecule has 1 fully saturated rings. The number of sulfonamides is 1. The smallest absolute Gasteiger partial charge is 0.270 e. The van der Waals surface area contributed by atoms with Crippen LogP contribution in [0.2, 0.25) is 0 Å². The van der Waals surface area contributed by atoms with Crippen LogP contribution in [-0.2, 0) is 14.8 Å². The van der Waals surface area contributed by atoms with Gasteiger partial charge in [-0.15, -0.1) is 10.2 Å². The molecule has 1 aliphatic carbocycles. The summed E-state index contributed by atoms with van der Waals surface area (Å²) in [5.74, 6) is -0.329. The average Bonchev–Trinajstić information content (AvgIpc) is 2.77. The first-order valence-corrected chi connectivity index (χ1v) is 8.32. The van der Waals surface area contributed by atoms with Gasteiger partial charge in [-0.2, -0.15) is 0 Å². The van der Waals surface area contributed by atoms with Crippen molar-refractivity contribution in [1.29, 1.82) is 0 Å². The number of hydrogen-bond donors (Lipinski definition) is 3. The van der Waals surface area contributed by atoms with Gasteiger partial charge in [-0.1, -0.05) is 25.2 Å². The number of carbonyl (C=O) groups is 1. The molecule has 1 aliphatic rings. The fourth-order valence-electron chi connectivity index (χ4n) is 1.92. The third-order valence-electron chi connectivity index (χ3n) is 3.56. The van der Waals surface area contributed by atoms with Gasteiger partial charge in [0.2, 0.25) is 15.4 Å². The number of amides is 1. The molecule has 0 bridgehead atoms. The largest absolute Gasteiger partial charge is 0.327 e. The first kappa shape index (κ1) is 15.3. The summed E-state index contributed by atoms with van der Waals surface area (Å²) < 4.78 is 26.8. The van der Waals surface area contributed by atoms with Crippen LogP contribution in [0.25, 0.3) is 0 Å². The van der Waals surface area contributed by atoms with Crippen LogP contribution in [0.1, 0.15) is 27.2 Å². The molecule has 10 heteroatoms. The molecule has 1 aromatic heterocycles. The van der Waals surface area contributed by atoms with Gasteiger partial charge in [0, 0.05) is 19.0 Å². The number of nitrogens with two attached hydrogens (primary N) is 1. The van der Waals surface area contributed by atoms with Crippen LogP contribution >= 0.6 is 11.3 Å². The van der Waals surface area contributed by atoms with Crippen molar-refractivity contribution < 1.29 is 13.2 Å². The van der Waals surface area contributed by atoms with Gasteiger partial charge in [0.1, 0.15) is 0 Å².